The Morgan fingerprint density at radius 1 is 1.40 bits per heavy atom. The van der Waals surface area contributed by atoms with Crippen LogP contribution < -0.4 is 10.6 Å². The number of nitrogens with zero attached hydrogens (tertiary/aromatic N) is 2. The fourth-order valence-electron chi connectivity index (χ4n) is 1.48. The van der Waals surface area contributed by atoms with E-state index in [1.165, 1.54) is 18.2 Å². The van der Waals surface area contributed by atoms with Crippen LogP contribution in [-0.4, -0.2) is 19.6 Å². The molecule has 20 heavy (non-hydrogen) atoms. The number of aliphatic imine (C=N–C) groups is 1. The van der Waals surface area contributed by atoms with E-state index in [1.807, 2.05) is 6.07 Å². The quantitative estimate of drug-likeness (QED) is 0.472. The molecule has 0 unspecified atom stereocenters. The van der Waals surface area contributed by atoms with Crippen molar-refractivity contribution < 1.29 is 4.39 Å². The molecule has 0 radical (unpaired) electrons. The molecule has 0 aliphatic heterocycles. The van der Waals surface area contributed by atoms with Crippen LogP contribution in [0.5, 0.6) is 0 Å². The first-order chi connectivity index (χ1) is 9.06. The van der Waals surface area contributed by atoms with Crippen molar-refractivity contribution in [3.05, 3.63) is 35.1 Å². The van der Waals surface area contributed by atoms with Crippen LogP contribution in [0.1, 0.15) is 25.0 Å². The topological polar surface area (TPSA) is 60.2 Å². The van der Waals surface area contributed by atoms with E-state index in [0.717, 1.165) is 6.54 Å². The number of nitrogens with one attached hydrogen (secondary N) is 2. The normalized spacial score (nSPS) is 10.7. The summed E-state index contributed by atoms with van der Waals surface area (Å²) in [4.78, 5) is 4.05. The van der Waals surface area contributed by atoms with Crippen molar-refractivity contribution in [1.29, 1.82) is 5.26 Å². The summed E-state index contributed by atoms with van der Waals surface area (Å²) in [5.74, 6) is 0.790. The summed E-state index contributed by atoms with van der Waals surface area (Å²) in [6.07, 6.45) is 0. The molecule has 2 N–H and O–H groups in total. The lowest BCUT2D eigenvalue weighted by atomic mass is 10.1. The number of hydrogen-bond donors (Lipinski definition) is 2. The zero-order valence-corrected chi connectivity index (χ0v) is 14.2. The minimum atomic E-state index is -0.328. The molecule has 0 spiro atoms. The average Bonchev–Trinajstić information content (AvgIpc) is 2.40. The molecule has 0 saturated carbocycles. The van der Waals surface area contributed by atoms with Gasteiger partial charge in [0.1, 0.15) is 5.82 Å². The van der Waals surface area contributed by atoms with Crippen molar-refractivity contribution in [3.63, 3.8) is 0 Å². The van der Waals surface area contributed by atoms with Gasteiger partial charge in [-0.15, -0.1) is 24.0 Å². The first-order valence-corrected chi connectivity index (χ1v) is 6.20. The van der Waals surface area contributed by atoms with Crippen LogP contribution in [0.3, 0.4) is 0 Å². The SMILES string of the molecule is CN=C(NCc1cc(C#N)ccc1F)NCC(C)C.I. The molecule has 6 heteroatoms. The molecule has 0 fully saturated rings. The fourth-order valence-corrected chi connectivity index (χ4v) is 1.48. The van der Waals surface area contributed by atoms with E-state index < -0.39 is 0 Å². The van der Waals surface area contributed by atoms with Gasteiger partial charge in [0.05, 0.1) is 11.6 Å². The second-order valence-corrected chi connectivity index (χ2v) is 4.62. The summed E-state index contributed by atoms with van der Waals surface area (Å²) in [5.41, 5.74) is 0.898. The molecule has 1 rings (SSSR count). The zero-order chi connectivity index (χ0) is 14.3. The van der Waals surface area contributed by atoms with Gasteiger partial charge in [0.2, 0.25) is 0 Å². The highest BCUT2D eigenvalue weighted by Gasteiger charge is 2.05. The summed E-state index contributed by atoms with van der Waals surface area (Å²) in [5, 5.41) is 15.0. The monoisotopic (exact) mass is 390 g/mol. The number of halogens is 2. The first-order valence-electron chi connectivity index (χ1n) is 6.20. The molecule has 4 nitrogen and oxygen atoms in total. The molecule has 0 bridgehead atoms. The third-order valence-corrected chi connectivity index (χ3v) is 2.52. The maximum Gasteiger partial charge on any atom is 0.191 e. The van der Waals surface area contributed by atoms with Crippen molar-refractivity contribution in [2.75, 3.05) is 13.6 Å². The minimum absolute atomic E-state index is 0. The van der Waals surface area contributed by atoms with Crippen LogP contribution in [0.15, 0.2) is 23.2 Å². The Morgan fingerprint density at radius 2 is 2.10 bits per heavy atom. The zero-order valence-electron chi connectivity index (χ0n) is 11.9. The summed E-state index contributed by atoms with van der Waals surface area (Å²) in [6, 6.07) is 6.30. The van der Waals surface area contributed by atoms with Gasteiger partial charge in [-0.2, -0.15) is 5.26 Å². The van der Waals surface area contributed by atoms with Gasteiger partial charge in [0.25, 0.3) is 0 Å². The van der Waals surface area contributed by atoms with Crippen LogP contribution in [-0.2, 0) is 6.54 Å². The van der Waals surface area contributed by atoms with Crippen molar-refractivity contribution in [1.82, 2.24) is 10.6 Å². The largest absolute Gasteiger partial charge is 0.356 e. The van der Waals surface area contributed by atoms with Gasteiger partial charge in [-0.1, -0.05) is 13.8 Å². The van der Waals surface area contributed by atoms with Crippen LogP contribution in [0.4, 0.5) is 4.39 Å². The highest BCUT2D eigenvalue weighted by atomic mass is 127. The molecule has 0 amide bonds. The van der Waals surface area contributed by atoms with Crippen molar-refractivity contribution in [3.8, 4) is 6.07 Å². The summed E-state index contributed by atoms with van der Waals surface area (Å²) >= 11 is 0. The maximum absolute atomic E-state index is 13.6. The predicted molar refractivity (Wildman–Crippen MR) is 89.6 cm³/mol. The van der Waals surface area contributed by atoms with E-state index >= 15 is 0 Å². The molecular formula is C14H20FIN4. The van der Waals surface area contributed by atoms with E-state index in [1.54, 1.807) is 7.05 Å². The second kappa shape index (κ2) is 9.53. The molecule has 1 aromatic rings. The Morgan fingerprint density at radius 3 is 2.65 bits per heavy atom. The number of nitriles is 1. The van der Waals surface area contributed by atoms with Gasteiger partial charge in [-0.25, -0.2) is 4.39 Å². The Bertz CT molecular complexity index is 494. The van der Waals surface area contributed by atoms with E-state index in [0.29, 0.717) is 29.5 Å². The Hall–Kier alpha value is -1.36. The lowest BCUT2D eigenvalue weighted by Gasteiger charge is -2.13. The third kappa shape index (κ3) is 6.19. The van der Waals surface area contributed by atoms with Crippen molar-refractivity contribution >= 4 is 29.9 Å². The number of guanidine groups is 1. The Kier molecular flexibility index (Phi) is 8.88. The van der Waals surface area contributed by atoms with Gasteiger partial charge in [-0.3, -0.25) is 4.99 Å². The predicted octanol–water partition coefficient (Wildman–Crippen LogP) is 2.64. The summed E-state index contributed by atoms with van der Waals surface area (Å²) in [7, 11) is 1.66. The molecule has 110 valence electrons. The molecule has 0 heterocycles. The first kappa shape index (κ1) is 18.6. The van der Waals surface area contributed by atoms with Gasteiger partial charge in [0.15, 0.2) is 5.96 Å². The lowest BCUT2D eigenvalue weighted by Crippen LogP contribution is -2.38. The lowest BCUT2D eigenvalue weighted by molar-refractivity contribution is 0.597. The maximum atomic E-state index is 13.6. The van der Waals surface area contributed by atoms with Crippen molar-refractivity contribution in [2.24, 2.45) is 10.9 Å². The number of benzene rings is 1. The van der Waals surface area contributed by atoms with E-state index in [-0.39, 0.29) is 29.8 Å². The van der Waals surface area contributed by atoms with E-state index in [9.17, 15) is 4.39 Å². The smallest absolute Gasteiger partial charge is 0.191 e. The van der Waals surface area contributed by atoms with Gasteiger partial charge < -0.3 is 10.6 Å². The van der Waals surface area contributed by atoms with Crippen molar-refractivity contribution in [2.45, 2.75) is 20.4 Å². The Balaban J connectivity index is 0.00000361. The number of rotatable bonds is 4. The van der Waals surface area contributed by atoms with Crippen LogP contribution in [0.25, 0.3) is 0 Å². The van der Waals surface area contributed by atoms with Crippen LogP contribution in [0, 0.1) is 23.1 Å². The summed E-state index contributed by atoms with van der Waals surface area (Å²) in [6.45, 7) is 5.27. The molecule has 0 aliphatic rings. The highest BCUT2D eigenvalue weighted by Crippen LogP contribution is 2.09. The number of hydrogen-bond acceptors (Lipinski definition) is 2. The molecule has 0 aromatic heterocycles. The molecule has 0 aliphatic carbocycles. The third-order valence-electron chi connectivity index (χ3n) is 2.52. The van der Waals surface area contributed by atoms with Gasteiger partial charge >= 0.3 is 0 Å². The van der Waals surface area contributed by atoms with Crippen LogP contribution >= 0.6 is 24.0 Å². The fraction of sp³-hybridized carbons (Fsp3) is 0.429. The van der Waals surface area contributed by atoms with Crippen LogP contribution in [0.2, 0.25) is 0 Å². The summed E-state index contributed by atoms with van der Waals surface area (Å²) < 4.78 is 13.6. The van der Waals surface area contributed by atoms with E-state index in [4.69, 9.17) is 5.26 Å². The second-order valence-electron chi connectivity index (χ2n) is 4.62. The molecule has 0 atom stereocenters. The highest BCUT2D eigenvalue weighted by molar-refractivity contribution is 14.0. The standard InChI is InChI=1S/C14H19FN4.HI/c1-10(2)8-18-14(17-3)19-9-12-6-11(7-16)4-5-13(12)15;/h4-6,10H,8-9H2,1-3H3,(H2,17,18,19);1H. The minimum Gasteiger partial charge on any atom is -0.356 e. The molecule has 0 saturated heterocycles. The average molecular weight is 390 g/mol. The molecular weight excluding hydrogens is 370 g/mol. The van der Waals surface area contributed by atoms with Gasteiger partial charge in [0, 0.05) is 25.7 Å². The van der Waals surface area contributed by atoms with E-state index in [2.05, 4.69) is 29.5 Å². The van der Waals surface area contributed by atoms with Gasteiger partial charge in [-0.05, 0) is 24.1 Å². The molecule has 1 aromatic carbocycles. The Labute approximate surface area is 136 Å².